The fraction of sp³-hybridized carbons (Fsp3) is 0.200. The molecule has 0 bridgehead atoms. The number of rotatable bonds is 7. The summed E-state index contributed by atoms with van der Waals surface area (Å²) in [6.45, 7) is 5.98. The Balaban J connectivity index is 1.82. The van der Waals surface area contributed by atoms with E-state index in [1.807, 2.05) is 57.2 Å². The molecule has 1 unspecified atom stereocenters. The second-order valence-corrected chi connectivity index (χ2v) is 7.24. The molecule has 154 valence electrons. The Morgan fingerprint density at radius 1 is 0.967 bits per heavy atom. The van der Waals surface area contributed by atoms with Crippen molar-refractivity contribution in [3.8, 4) is 0 Å². The van der Waals surface area contributed by atoms with E-state index in [4.69, 9.17) is 4.42 Å². The lowest BCUT2D eigenvalue weighted by Crippen LogP contribution is -2.36. The Hall–Kier alpha value is -3.60. The fourth-order valence-electron chi connectivity index (χ4n) is 3.03. The van der Waals surface area contributed by atoms with Crippen molar-refractivity contribution in [3.63, 3.8) is 0 Å². The molecule has 2 amide bonds. The second kappa shape index (κ2) is 9.74. The van der Waals surface area contributed by atoms with Gasteiger partial charge in [-0.2, -0.15) is 0 Å². The van der Waals surface area contributed by atoms with Crippen molar-refractivity contribution in [2.75, 3.05) is 0 Å². The summed E-state index contributed by atoms with van der Waals surface area (Å²) in [6.07, 6.45) is 3.77. The van der Waals surface area contributed by atoms with Crippen molar-refractivity contribution in [2.45, 2.75) is 33.2 Å². The van der Waals surface area contributed by atoms with E-state index in [-0.39, 0.29) is 23.6 Å². The maximum Gasteiger partial charge on any atom is 0.268 e. The van der Waals surface area contributed by atoms with Crippen LogP contribution >= 0.6 is 0 Å². The molecule has 0 fully saturated rings. The molecule has 5 heteroatoms. The normalized spacial score (nSPS) is 12.3. The quantitative estimate of drug-likeness (QED) is 0.550. The molecule has 0 spiro atoms. The average molecular weight is 402 g/mol. The topological polar surface area (TPSA) is 71.3 Å². The lowest BCUT2D eigenvalue weighted by Gasteiger charge is -2.19. The molecule has 0 aliphatic carbocycles. The van der Waals surface area contributed by atoms with Gasteiger partial charge in [-0.25, -0.2) is 0 Å². The largest absolute Gasteiger partial charge is 0.465 e. The van der Waals surface area contributed by atoms with Gasteiger partial charge in [0.15, 0.2) is 0 Å². The number of hydrogen-bond donors (Lipinski definition) is 2. The Morgan fingerprint density at radius 2 is 1.60 bits per heavy atom. The van der Waals surface area contributed by atoms with Crippen LogP contribution in [0.5, 0.6) is 0 Å². The van der Waals surface area contributed by atoms with E-state index in [9.17, 15) is 9.59 Å². The summed E-state index contributed by atoms with van der Waals surface area (Å²) in [6, 6.07) is 18.5. The van der Waals surface area contributed by atoms with Crippen LogP contribution < -0.4 is 10.6 Å². The molecule has 0 aliphatic rings. The first kappa shape index (κ1) is 21.1. The van der Waals surface area contributed by atoms with E-state index in [1.54, 1.807) is 24.3 Å². The van der Waals surface area contributed by atoms with Gasteiger partial charge in [0.05, 0.1) is 12.3 Å². The summed E-state index contributed by atoms with van der Waals surface area (Å²) >= 11 is 0. The minimum atomic E-state index is -0.376. The summed E-state index contributed by atoms with van der Waals surface area (Å²) in [5, 5.41) is 5.75. The predicted molar refractivity (Wildman–Crippen MR) is 118 cm³/mol. The van der Waals surface area contributed by atoms with Gasteiger partial charge < -0.3 is 15.1 Å². The van der Waals surface area contributed by atoms with E-state index < -0.39 is 0 Å². The van der Waals surface area contributed by atoms with Crippen LogP contribution in [0.25, 0.3) is 6.08 Å². The summed E-state index contributed by atoms with van der Waals surface area (Å²) in [7, 11) is 0. The predicted octanol–water partition coefficient (Wildman–Crippen LogP) is 4.93. The van der Waals surface area contributed by atoms with Crippen LogP contribution in [0.1, 0.15) is 52.2 Å². The summed E-state index contributed by atoms with van der Waals surface area (Å²) in [4.78, 5) is 25.8. The molecule has 0 saturated carbocycles. The molecule has 1 heterocycles. The van der Waals surface area contributed by atoms with E-state index >= 15 is 0 Å². The molecule has 1 aromatic heterocycles. The summed E-state index contributed by atoms with van der Waals surface area (Å²) < 4.78 is 5.34. The number of aryl methyl sites for hydroxylation is 2. The molecule has 0 radical (unpaired) electrons. The van der Waals surface area contributed by atoms with E-state index in [0.717, 1.165) is 23.1 Å². The molecule has 5 nitrogen and oxygen atoms in total. The van der Waals surface area contributed by atoms with Gasteiger partial charge in [0, 0.05) is 11.6 Å². The van der Waals surface area contributed by atoms with Crippen LogP contribution in [-0.4, -0.2) is 11.8 Å². The Labute approximate surface area is 176 Å². The third-order valence-electron chi connectivity index (χ3n) is 4.83. The zero-order valence-corrected chi connectivity index (χ0v) is 17.4. The number of hydrogen-bond acceptors (Lipinski definition) is 3. The summed E-state index contributed by atoms with van der Waals surface area (Å²) in [5.41, 5.74) is 3.83. The van der Waals surface area contributed by atoms with Gasteiger partial charge in [0.1, 0.15) is 11.5 Å². The molecule has 2 N–H and O–H groups in total. The third kappa shape index (κ3) is 5.47. The number of carbonyl (C=O) groups excluding carboxylic acids is 2. The minimum Gasteiger partial charge on any atom is -0.465 e. The Morgan fingerprint density at radius 3 is 2.17 bits per heavy atom. The van der Waals surface area contributed by atoms with Crippen LogP contribution in [0, 0.1) is 13.8 Å². The lowest BCUT2D eigenvalue weighted by molar-refractivity contribution is -0.118. The second-order valence-electron chi connectivity index (χ2n) is 7.24. The first-order chi connectivity index (χ1) is 14.5. The summed E-state index contributed by atoms with van der Waals surface area (Å²) in [5.74, 6) is -0.252. The van der Waals surface area contributed by atoms with Crippen molar-refractivity contribution in [2.24, 2.45) is 0 Å². The van der Waals surface area contributed by atoms with Crippen LogP contribution in [-0.2, 0) is 4.79 Å². The third-order valence-corrected chi connectivity index (χ3v) is 4.83. The van der Waals surface area contributed by atoms with E-state index in [2.05, 4.69) is 10.6 Å². The highest BCUT2D eigenvalue weighted by Crippen LogP contribution is 2.18. The van der Waals surface area contributed by atoms with E-state index in [1.165, 1.54) is 12.3 Å². The number of nitrogens with one attached hydrogen (secondary N) is 2. The zero-order valence-electron chi connectivity index (χ0n) is 17.4. The molecule has 3 rings (SSSR count). The molecular formula is C25H26N2O3. The number of carbonyl (C=O) groups is 2. The van der Waals surface area contributed by atoms with Gasteiger partial charge in [-0.3, -0.25) is 9.59 Å². The molecule has 30 heavy (non-hydrogen) atoms. The molecular weight excluding hydrogens is 376 g/mol. The number of benzene rings is 2. The van der Waals surface area contributed by atoms with Gasteiger partial charge in [-0.05, 0) is 50.1 Å². The van der Waals surface area contributed by atoms with Gasteiger partial charge >= 0.3 is 0 Å². The SMILES string of the molecule is CCC(NC(=O)/C(=C/c1ccco1)NC(=O)c1ccc(C)cc1)c1ccc(C)cc1. The smallest absolute Gasteiger partial charge is 0.268 e. The Bertz CT molecular complexity index is 1020. The molecule has 0 aliphatic heterocycles. The lowest BCUT2D eigenvalue weighted by atomic mass is 10.0. The molecule has 3 aromatic rings. The van der Waals surface area contributed by atoms with Crippen LogP contribution in [0.4, 0.5) is 0 Å². The van der Waals surface area contributed by atoms with Crippen molar-refractivity contribution in [1.29, 1.82) is 0 Å². The van der Waals surface area contributed by atoms with Crippen LogP contribution in [0.15, 0.2) is 77.0 Å². The van der Waals surface area contributed by atoms with Gasteiger partial charge in [-0.15, -0.1) is 0 Å². The minimum absolute atomic E-state index is 0.126. The van der Waals surface area contributed by atoms with E-state index in [0.29, 0.717) is 11.3 Å². The van der Waals surface area contributed by atoms with Crippen LogP contribution in [0.2, 0.25) is 0 Å². The van der Waals surface area contributed by atoms with Gasteiger partial charge in [0.2, 0.25) is 0 Å². The van der Waals surface area contributed by atoms with Gasteiger partial charge in [-0.1, -0.05) is 54.4 Å². The van der Waals surface area contributed by atoms with Crippen molar-refractivity contribution >= 4 is 17.9 Å². The van der Waals surface area contributed by atoms with Crippen molar-refractivity contribution < 1.29 is 14.0 Å². The maximum absolute atomic E-state index is 13.1. The number of furan rings is 1. The first-order valence-electron chi connectivity index (χ1n) is 9.97. The molecule has 1 atom stereocenters. The highest BCUT2D eigenvalue weighted by molar-refractivity contribution is 6.05. The molecule has 0 saturated heterocycles. The standard InChI is InChI=1S/C25H26N2O3/c1-4-22(19-11-7-17(2)8-12-19)26-25(29)23(16-21-6-5-15-30-21)27-24(28)20-13-9-18(3)10-14-20/h5-16,22H,4H2,1-3H3,(H,26,29)(H,27,28)/b23-16-. The first-order valence-corrected chi connectivity index (χ1v) is 9.97. The monoisotopic (exact) mass is 402 g/mol. The highest BCUT2D eigenvalue weighted by atomic mass is 16.3. The maximum atomic E-state index is 13.1. The van der Waals surface area contributed by atoms with Crippen molar-refractivity contribution in [3.05, 3.63) is 101 Å². The zero-order chi connectivity index (χ0) is 21.5. The van der Waals surface area contributed by atoms with Crippen LogP contribution in [0.3, 0.4) is 0 Å². The highest BCUT2D eigenvalue weighted by Gasteiger charge is 2.19. The average Bonchev–Trinajstić information content (AvgIpc) is 3.25. The Kier molecular flexibility index (Phi) is 6.86. The number of amides is 2. The fourth-order valence-corrected chi connectivity index (χ4v) is 3.03. The molecule has 2 aromatic carbocycles. The van der Waals surface area contributed by atoms with Gasteiger partial charge in [0.25, 0.3) is 11.8 Å². The van der Waals surface area contributed by atoms with Crippen molar-refractivity contribution in [1.82, 2.24) is 10.6 Å².